The summed E-state index contributed by atoms with van der Waals surface area (Å²) >= 11 is 2.18. The molecule has 60 valence electrons. The van der Waals surface area contributed by atoms with Crippen LogP contribution in [0.1, 0.15) is 18.4 Å². The van der Waals surface area contributed by atoms with E-state index >= 15 is 0 Å². The zero-order valence-electron chi connectivity index (χ0n) is 6.55. The fourth-order valence-corrected chi connectivity index (χ4v) is 1.68. The van der Waals surface area contributed by atoms with E-state index in [1.807, 2.05) is 6.07 Å². The average Bonchev–Trinajstić information content (AvgIpc) is 2.07. The molecule has 1 nitrogen and oxygen atoms in total. The third kappa shape index (κ3) is 2.79. The van der Waals surface area contributed by atoms with Crippen molar-refractivity contribution in [2.24, 2.45) is 0 Å². The summed E-state index contributed by atoms with van der Waals surface area (Å²) in [4.78, 5) is 0. The minimum Gasteiger partial charge on any atom is -0.260 e. The molecule has 0 aliphatic carbocycles. The van der Waals surface area contributed by atoms with E-state index in [0.717, 1.165) is 6.54 Å². The van der Waals surface area contributed by atoms with E-state index in [1.165, 1.54) is 5.56 Å². The number of benzene rings is 1. The van der Waals surface area contributed by atoms with Crippen molar-refractivity contribution in [3.63, 3.8) is 0 Å². The van der Waals surface area contributed by atoms with Crippen LogP contribution in [-0.2, 0) is 0 Å². The van der Waals surface area contributed by atoms with Crippen LogP contribution in [-0.4, -0.2) is 6.54 Å². The topological polar surface area (TPSA) is 12.0 Å². The van der Waals surface area contributed by atoms with Crippen LogP contribution in [0.5, 0.6) is 0 Å². The first-order valence-electron chi connectivity index (χ1n) is 3.73. The average molecular weight is 261 g/mol. The minimum atomic E-state index is 0.605. The standard InChI is InChI=1S/C9H12IN/c1-8(7-11-10)9-5-3-2-4-6-9/h2-6,8,11H,7H2,1H3. The highest BCUT2D eigenvalue weighted by atomic mass is 127. The molecule has 1 aromatic carbocycles. The van der Waals surface area contributed by atoms with Gasteiger partial charge in [-0.25, -0.2) is 0 Å². The first kappa shape index (κ1) is 9.00. The summed E-state index contributed by atoms with van der Waals surface area (Å²) in [5.74, 6) is 0.605. The zero-order valence-corrected chi connectivity index (χ0v) is 8.71. The number of rotatable bonds is 3. The largest absolute Gasteiger partial charge is 0.260 e. The summed E-state index contributed by atoms with van der Waals surface area (Å²) in [5.41, 5.74) is 1.40. The van der Waals surface area contributed by atoms with E-state index in [0.29, 0.717) is 5.92 Å². The highest BCUT2D eigenvalue weighted by molar-refractivity contribution is 14.1. The molecule has 0 fully saturated rings. The Balaban J connectivity index is 2.61. The van der Waals surface area contributed by atoms with Crippen molar-refractivity contribution in [2.75, 3.05) is 6.54 Å². The van der Waals surface area contributed by atoms with Gasteiger partial charge < -0.3 is 0 Å². The van der Waals surface area contributed by atoms with Crippen LogP contribution in [0, 0.1) is 0 Å². The Bertz CT molecular complexity index is 198. The molecule has 0 saturated heterocycles. The summed E-state index contributed by atoms with van der Waals surface area (Å²) < 4.78 is 3.14. The fraction of sp³-hybridized carbons (Fsp3) is 0.333. The molecule has 1 unspecified atom stereocenters. The van der Waals surface area contributed by atoms with Gasteiger partial charge in [0.25, 0.3) is 0 Å². The van der Waals surface area contributed by atoms with Gasteiger partial charge in [0.2, 0.25) is 0 Å². The smallest absolute Gasteiger partial charge is 0.0169 e. The van der Waals surface area contributed by atoms with Crippen molar-refractivity contribution in [1.82, 2.24) is 3.53 Å². The number of nitrogens with one attached hydrogen (secondary N) is 1. The molecule has 2 heteroatoms. The number of halogens is 1. The molecule has 0 saturated carbocycles. The summed E-state index contributed by atoms with van der Waals surface area (Å²) in [6, 6.07) is 10.5. The quantitative estimate of drug-likeness (QED) is 0.651. The van der Waals surface area contributed by atoms with E-state index in [-0.39, 0.29) is 0 Å². The molecule has 11 heavy (non-hydrogen) atoms. The highest BCUT2D eigenvalue weighted by Gasteiger charge is 2.01. The van der Waals surface area contributed by atoms with Crippen molar-refractivity contribution in [3.8, 4) is 0 Å². The van der Waals surface area contributed by atoms with Crippen LogP contribution in [0.25, 0.3) is 0 Å². The maximum Gasteiger partial charge on any atom is 0.0169 e. The number of hydrogen-bond donors (Lipinski definition) is 1. The molecule has 1 aromatic rings. The SMILES string of the molecule is CC(CNI)c1ccccc1. The Morgan fingerprint density at radius 3 is 2.55 bits per heavy atom. The minimum absolute atomic E-state index is 0.605. The van der Waals surface area contributed by atoms with Crippen molar-refractivity contribution in [2.45, 2.75) is 12.8 Å². The van der Waals surface area contributed by atoms with Crippen LogP contribution in [0.15, 0.2) is 30.3 Å². The van der Waals surface area contributed by atoms with Crippen molar-refractivity contribution in [1.29, 1.82) is 0 Å². The van der Waals surface area contributed by atoms with E-state index < -0.39 is 0 Å². The molecule has 0 radical (unpaired) electrons. The summed E-state index contributed by atoms with van der Waals surface area (Å²) in [6.45, 7) is 3.26. The molecule has 0 amide bonds. The Kier molecular flexibility index (Phi) is 3.86. The van der Waals surface area contributed by atoms with Crippen LogP contribution >= 0.6 is 22.9 Å². The van der Waals surface area contributed by atoms with E-state index in [4.69, 9.17) is 0 Å². The third-order valence-electron chi connectivity index (χ3n) is 1.75. The summed E-state index contributed by atoms with van der Waals surface area (Å²) in [5, 5.41) is 0. The van der Waals surface area contributed by atoms with Crippen molar-refractivity contribution in [3.05, 3.63) is 35.9 Å². The van der Waals surface area contributed by atoms with Gasteiger partial charge in [-0.1, -0.05) is 37.3 Å². The molecule has 0 heterocycles. The van der Waals surface area contributed by atoms with Crippen molar-refractivity contribution < 1.29 is 0 Å². The lowest BCUT2D eigenvalue weighted by Crippen LogP contribution is -2.08. The zero-order chi connectivity index (χ0) is 8.10. The summed E-state index contributed by atoms with van der Waals surface area (Å²) in [6.07, 6.45) is 0. The fourth-order valence-electron chi connectivity index (χ4n) is 1.02. The molecular weight excluding hydrogens is 249 g/mol. The first-order chi connectivity index (χ1) is 5.34. The predicted octanol–water partition coefficient (Wildman–Crippen LogP) is 2.73. The van der Waals surface area contributed by atoms with Gasteiger partial charge in [-0.05, 0) is 11.5 Å². The molecule has 0 bridgehead atoms. The van der Waals surface area contributed by atoms with Gasteiger partial charge in [-0.2, -0.15) is 0 Å². The van der Waals surface area contributed by atoms with Crippen molar-refractivity contribution >= 4 is 22.9 Å². The van der Waals surface area contributed by atoms with Crippen LogP contribution in [0.2, 0.25) is 0 Å². The van der Waals surface area contributed by atoms with Gasteiger partial charge in [0.1, 0.15) is 0 Å². The van der Waals surface area contributed by atoms with E-state index in [1.54, 1.807) is 0 Å². The van der Waals surface area contributed by atoms with Gasteiger partial charge in [0, 0.05) is 29.4 Å². The Morgan fingerprint density at radius 2 is 2.00 bits per heavy atom. The van der Waals surface area contributed by atoms with Crippen LogP contribution < -0.4 is 3.53 Å². The number of hydrogen-bond acceptors (Lipinski definition) is 1. The molecule has 1 rings (SSSR count). The second-order valence-corrected chi connectivity index (χ2v) is 3.41. The lowest BCUT2D eigenvalue weighted by molar-refractivity contribution is 0.754. The highest BCUT2D eigenvalue weighted by Crippen LogP contribution is 2.12. The van der Waals surface area contributed by atoms with Crippen LogP contribution in [0.3, 0.4) is 0 Å². The molecule has 0 spiro atoms. The predicted molar refractivity (Wildman–Crippen MR) is 56.9 cm³/mol. The molecule has 1 atom stereocenters. The maximum absolute atomic E-state index is 3.14. The molecule has 0 aliphatic heterocycles. The second-order valence-electron chi connectivity index (χ2n) is 2.65. The lowest BCUT2D eigenvalue weighted by atomic mass is 10.0. The second kappa shape index (κ2) is 4.72. The Labute approximate surface area is 81.7 Å². The molecular formula is C9H12IN. The normalized spacial score (nSPS) is 12.9. The molecule has 0 aliphatic rings. The Morgan fingerprint density at radius 1 is 1.36 bits per heavy atom. The molecule has 0 aromatic heterocycles. The van der Waals surface area contributed by atoms with Gasteiger partial charge in [0.15, 0.2) is 0 Å². The maximum atomic E-state index is 3.14. The van der Waals surface area contributed by atoms with E-state index in [2.05, 4.69) is 57.6 Å². The van der Waals surface area contributed by atoms with Gasteiger partial charge >= 0.3 is 0 Å². The third-order valence-corrected chi connectivity index (χ3v) is 2.19. The summed E-state index contributed by atoms with van der Waals surface area (Å²) in [7, 11) is 0. The lowest BCUT2D eigenvalue weighted by Gasteiger charge is -2.08. The monoisotopic (exact) mass is 261 g/mol. The molecule has 1 N–H and O–H groups in total. The van der Waals surface area contributed by atoms with Crippen LogP contribution in [0.4, 0.5) is 0 Å². The first-order valence-corrected chi connectivity index (χ1v) is 4.81. The Hall–Kier alpha value is -0.0900. The van der Waals surface area contributed by atoms with Gasteiger partial charge in [-0.3, -0.25) is 3.53 Å². The van der Waals surface area contributed by atoms with Gasteiger partial charge in [-0.15, -0.1) is 0 Å². The van der Waals surface area contributed by atoms with E-state index in [9.17, 15) is 0 Å². The van der Waals surface area contributed by atoms with Gasteiger partial charge in [0.05, 0.1) is 0 Å².